The summed E-state index contributed by atoms with van der Waals surface area (Å²) in [5.41, 5.74) is 6.73. The number of hydrogen-bond donors (Lipinski definition) is 1. The van der Waals surface area contributed by atoms with Crippen LogP contribution >= 0.6 is 0 Å². The van der Waals surface area contributed by atoms with Gasteiger partial charge in [-0.25, -0.2) is 0 Å². The van der Waals surface area contributed by atoms with Gasteiger partial charge in [0.2, 0.25) is 0 Å². The van der Waals surface area contributed by atoms with Gasteiger partial charge >= 0.3 is 5.97 Å². The van der Waals surface area contributed by atoms with Crippen molar-refractivity contribution in [1.82, 2.24) is 0 Å². The Morgan fingerprint density at radius 3 is 2.17 bits per heavy atom. The number of esters is 1. The molecule has 2 amide bonds. The van der Waals surface area contributed by atoms with E-state index in [0.717, 1.165) is 60.0 Å². The predicted octanol–water partition coefficient (Wildman–Crippen LogP) is 7.86. The molecule has 6 nitrogen and oxygen atoms in total. The number of carbonyl (C=O) groups excluding carboxylic acids is 3. The number of carbonyl (C=O) groups is 3. The zero-order valence-electron chi connectivity index (χ0n) is 24.6. The average Bonchev–Trinajstić information content (AvgIpc) is 3.02. The number of ether oxygens (including phenoxy) is 1. The van der Waals surface area contributed by atoms with E-state index in [0.29, 0.717) is 23.2 Å². The molecule has 0 fully saturated rings. The van der Waals surface area contributed by atoms with Crippen LogP contribution in [0.3, 0.4) is 0 Å². The molecule has 0 saturated carbocycles. The molecule has 0 heterocycles. The molecular weight excluding hydrogens is 524 g/mol. The van der Waals surface area contributed by atoms with Crippen LogP contribution in [0.2, 0.25) is 0 Å². The van der Waals surface area contributed by atoms with Crippen LogP contribution in [0.25, 0.3) is 11.1 Å². The Kier molecular flexibility index (Phi) is 10.6. The van der Waals surface area contributed by atoms with Crippen LogP contribution in [0.1, 0.15) is 63.9 Å². The van der Waals surface area contributed by atoms with Crippen LogP contribution in [0.15, 0.2) is 97.1 Å². The second-order valence-electron chi connectivity index (χ2n) is 10.4. The van der Waals surface area contributed by atoms with Crippen molar-refractivity contribution in [2.24, 2.45) is 0 Å². The van der Waals surface area contributed by atoms with E-state index >= 15 is 0 Å². The second-order valence-corrected chi connectivity index (χ2v) is 10.4. The minimum Gasteiger partial charge on any atom is -0.469 e. The first-order valence-electron chi connectivity index (χ1n) is 14.4. The van der Waals surface area contributed by atoms with E-state index in [-0.39, 0.29) is 17.8 Å². The standard InChI is InChI=1S/C36H38N2O4/c1-26-18-20-27(21-19-26)31-14-9-10-15-32(31)35(40)37-30-24-22-29(23-25-30)36(41)38(2)33-16-11-8-13-28(33)12-6-4-5-7-17-34(39)42-3/h8-11,13-16,18-25H,4-7,12,17H2,1-3H3,(H,37,40). The van der Waals surface area contributed by atoms with Gasteiger partial charge in [0.25, 0.3) is 11.8 Å². The molecule has 0 radical (unpaired) electrons. The summed E-state index contributed by atoms with van der Waals surface area (Å²) in [6, 6.07) is 30.6. The molecule has 0 bridgehead atoms. The number of hydrogen-bond acceptors (Lipinski definition) is 4. The molecule has 1 N–H and O–H groups in total. The molecular formula is C36H38N2O4. The molecule has 0 saturated heterocycles. The first-order valence-corrected chi connectivity index (χ1v) is 14.4. The highest BCUT2D eigenvalue weighted by Gasteiger charge is 2.17. The summed E-state index contributed by atoms with van der Waals surface area (Å²) in [6.45, 7) is 2.03. The maximum Gasteiger partial charge on any atom is 0.305 e. The smallest absolute Gasteiger partial charge is 0.305 e. The second kappa shape index (κ2) is 14.8. The summed E-state index contributed by atoms with van der Waals surface area (Å²) in [4.78, 5) is 39.5. The number of rotatable bonds is 12. The van der Waals surface area contributed by atoms with E-state index in [1.807, 2.05) is 73.7 Å². The Morgan fingerprint density at radius 1 is 0.762 bits per heavy atom. The molecule has 0 unspecified atom stereocenters. The minimum atomic E-state index is -0.207. The van der Waals surface area contributed by atoms with Crippen molar-refractivity contribution in [3.05, 3.63) is 119 Å². The van der Waals surface area contributed by atoms with Crippen molar-refractivity contribution in [2.75, 3.05) is 24.4 Å². The van der Waals surface area contributed by atoms with Crippen LogP contribution in [0.4, 0.5) is 11.4 Å². The lowest BCUT2D eigenvalue weighted by molar-refractivity contribution is -0.140. The fraction of sp³-hybridized carbons (Fsp3) is 0.250. The van der Waals surface area contributed by atoms with E-state index < -0.39 is 0 Å². The number of unbranched alkanes of at least 4 members (excludes halogenated alkanes) is 3. The SMILES string of the molecule is COC(=O)CCCCCCc1ccccc1N(C)C(=O)c1ccc(NC(=O)c2ccccc2-c2ccc(C)cc2)cc1. The third-order valence-electron chi connectivity index (χ3n) is 7.39. The Hall–Kier alpha value is -4.71. The number of para-hydroxylation sites is 1. The monoisotopic (exact) mass is 562 g/mol. The van der Waals surface area contributed by atoms with Crippen LogP contribution in [-0.2, 0) is 16.0 Å². The maximum atomic E-state index is 13.4. The van der Waals surface area contributed by atoms with Gasteiger partial charge in [-0.15, -0.1) is 0 Å². The minimum absolute atomic E-state index is 0.122. The molecule has 0 atom stereocenters. The lowest BCUT2D eigenvalue weighted by Crippen LogP contribution is -2.27. The molecule has 4 aromatic rings. The number of nitrogens with one attached hydrogen (secondary N) is 1. The van der Waals surface area contributed by atoms with E-state index in [1.54, 1.807) is 36.2 Å². The average molecular weight is 563 g/mol. The number of nitrogens with zero attached hydrogens (tertiary/aromatic N) is 1. The largest absolute Gasteiger partial charge is 0.469 e. The summed E-state index contributed by atoms with van der Waals surface area (Å²) in [6.07, 6.45) is 5.07. The summed E-state index contributed by atoms with van der Waals surface area (Å²) in [5, 5.41) is 2.97. The Bertz CT molecular complexity index is 1510. The van der Waals surface area contributed by atoms with Crippen LogP contribution < -0.4 is 10.2 Å². The highest BCUT2D eigenvalue weighted by molar-refractivity contribution is 6.09. The molecule has 216 valence electrons. The third-order valence-corrected chi connectivity index (χ3v) is 7.39. The molecule has 6 heteroatoms. The van der Waals surface area contributed by atoms with Crippen LogP contribution in [0.5, 0.6) is 0 Å². The predicted molar refractivity (Wildman–Crippen MR) is 169 cm³/mol. The van der Waals surface area contributed by atoms with Gasteiger partial charge in [-0.3, -0.25) is 14.4 Å². The normalized spacial score (nSPS) is 10.6. The van der Waals surface area contributed by atoms with Gasteiger partial charge in [0.1, 0.15) is 0 Å². The molecule has 4 rings (SSSR count). The first-order chi connectivity index (χ1) is 20.4. The molecule has 42 heavy (non-hydrogen) atoms. The van der Waals surface area contributed by atoms with Gasteiger partial charge in [0.05, 0.1) is 7.11 Å². The van der Waals surface area contributed by atoms with Crippen LogP contribution in [-0.4, -0.2) is 31.9 Å². The van der Waals surface area contributed by atoms with Crippen molar-refractivity contribution >= 4 is 29.2 Å². The Balaban J connectivity index is 1.38. The molecule has 0 aliphatic rings. The highest BCUT2D eigenvalue weighted by atomic mass is 16.5. The summed E-state index contributed by atoms with van der Waals surface area (Å²) < 4.78 is 4.70. The maximum absolute atomic E-state index is 13.4. The summed E-state index contributed by atoms with van der Waals surface area (Å²) in [7, 11) is 3.20. The number of benzene rings is 4. The lowest BCUT2D eigenvalue weighted by atomic mass is 9.98. The first kappa shape index (κ1) is 30.3. The van der Waals surface area contributed by atoms with Gasteiger partial charge in [0.15, 0.2) is 0 Å². The van der Waals surface area contributed by atoms with Gasteiger partial charge < -0.3 is 15.0 Å². The highest BCUT2D eigenvalue weighted by Crippen LogP contribution is 2.26. The lowest BCUT2D eigenvalue weighted by Gasteiger charge is -2.21. The Morgan fingerprint density at radius 2 is 1.43 bits per heavy atom. The summed E-state index contributed by atoms with van der Waals surface area (Å²) >= 11 is 0. The quantitative estimate of drug-likeness (QED) is 0.141. The third kappa shape index (κ3) is 7.94. The van der Waals surface area contributed by atoms with E-state index in [4.69, 9.17) is 4.74 Å². The fourth-order valence-corrected chi connectivity index (χ4v) is 4.95. The number of aryl methyl sites for hydroxylation is 2. The van der Waals surface area contributed by atoms with Crippen molar-refractivity contribution in [1.29, 1.82) is 0 Å². The molecule has 0 aliphatic carbocycles. The molecule has 4 aromatic carbocycles. The zero-order chi connectivity index (χ0) is 29.9. The van der Waals surface area contributed by atoms with Crippen molar-refractivity contribution < 1.29 is 19.1 Å². The Labute approximate surface area is 248 Å². The number of methoxy groups -OCH3 is 1. The van der Waals surface area contributed by atoms with Gasteiger partial charge in [0, 0.05) is 36.0 Å². The van der Waals surface area contributed by atoms with Crippen molar-refractivity contribution in [2.45, 2.75) is 45.4 Å². The fourth-order valence-electron chi connectivity index (χ4n) is 4.95. The topological polar surface area (TPSA) is 75.7 Å². The van der Waals surface area contributed by atoms with E-state index in [1.165, 1.54) is 7.11 Å². The zero-order valence-corrected chi connectivity index (χ0v) is 24.6. The van der Waals surface area contributed by atoms with E-state index in [9.17, 15) is 14.4 Å². The van der Waals surface area contributed by atoms with Crippen molar-refractivity contribution in [3.8, 4) is 11.1 Å². The number of amides is 2. The molecule has 0 aliphatic heterocycles. The molecule has 0 aromatic heterocycles. The van der Waals surface area contributed by atoms with Gasteiger partial charge in [-0.1, -0.05) is 79.1 Å². The number of anilines is 2. The van der Waals surface area contributed by atoms with Gasteiger partial charge in [-0.05, 0) is 79.3 Å². The van der Waals surface area contributed by atoms with Crippen LogP contribution in [0, 0.1) is 6.92 Å². The van der Waals surface area contributed by atoms with Crippen molar-refractivity contribution in [3.63, 3.8) is 0 Å². The van der Waals surface area contributed by atoms with Gasteiger partial charge in [-0.2, -0.15) is 0 Å². The van der Waals surface area contributed by atoms with E-state index in [2.05, 4.69) is 11.4 Å². The molecule has 0 spiro atoms. The summed E-state index contributed by atoms with van der Waals surface area (Å²) in [5.74, 6) is -0.496.